The maximum atomic E-state index is 12.1. The third-order valence-corrected chi connectivity index (χ3v) is 7.37. The Balaban J connectivity index is 2.16. The van der Waals surface area contributed by atoms with E-state index in [1.807, 2.05) is 0 Å². The highest BCUT2D eigenvalue weighted by molar-refractivity contribution is 7.91. The second kappa shape index (κ2) is 5.93. The zero-order valence-electron chi connectivity index (χ0n) is 13.1. The second-order valence-corrected chi connectivity index (χ2v) is 9.31. The summed E-state index contributed by atoms with van der Waals surface area (Å²) in [6.45, 7) is 7.05. The van der Waals surface area contributed by atoms with Gasteiger partial charge < -0.3 is 5.73 Å². The second-order valence-electron chi connectivity index (χ2n) is 7.09. The average molecular weight is 302 g/mol. The van der Waals surface area contributed by atoms with Gasteiger partial charge in [0.25, 0.3) is 0 Å². The molecule has 0 aromatic carbocycles. The number of hydrogen-bond donors (Lipinski definition) is 1. The fourth-order valence-corrected chi connectivity index (χ4v) is 6.13. The molecule has 2 aliphatic rings. The van der Waals surface area contributed by atoms with Gasteiger partial charge in [-0.2, -0.15) is 0 Å². The molecule has 0 amide bonds. The summed E-state index contributed by atoms with van der Waals surface area (Å²) in [6.07, 6.45) is 6.44. The van der Waals surface area contributed by atoms with Crippen LogP contribution in [0.1, 0.15) is 46.0 Å². The van der Waals surface area contributed by atoms with Crippen LogP contribution in [0.25, 0.3) is 0 Å². The van der Waals surface area contributed by atoms with Crippen molar-refractivity contribution in [3.05, 3.63) is 0 Å². The van der Waals surface area contributed by atoms with Crippen LogP contribution in [0.15, 0.2) is 0 Å². The lowest BCUT2D eigenvalue weighted by molar-refractivity contribution is 0.0516. The zero-order chi connectivity index (χ0) is 15.0. The normalized spacial score (nSPS) is 34.0. The van der Waals surface area contributed by atoms with Gasteiger partial charge in [0.05, 0.1) is 5.25 Å². The van der Waals surface area contributed by atoms with E-state index in [1.165, 1.54) is 19.1 Å². The molecule has 2 fully saturated rings. The Morgan fingerprint density at radius 2 is 1.85 bits per heavy atom. The number of rotatable bonds is 4. The first-order valence-corrected chi connectivity index (χ1v) is 9.90. The molecule has 0 spiro atoms. The fourth-order valence-electron chi connectivity index (χ4n) is 4.37. The van der Waals surface area contributed by atoms with Crippen LogP contribution in [0.2, 0.25) is 0 Å². The van der Waals surface area contributed by atoms with Crippen molar-refractivity contribution in [2.45, 2.75) is 56.7 Å². The van der Waals surface area contributed by atoms with Crippen LogP contribution < -0.4 is 5.73 Å². The summed E-state index contributed by atoms with van der Waals surface area (Å²) < 4.78 is 24.3. The molecule has 2 rings (SSSR count). The van der Waals surface area contributed by atoms with Gasteiger partial charge in [0.1, 0.15) is 0 Å². The molecule has 1 saturated heterocycles. The van der Waals surface area contributed by atoms with E-state index in [4.69, 9.17) is 5.73 Å². The molecule has 2 N–H and O–H groups in total. The van der Waals surface area contributed by atoms with E-state index in [0.29, 0.717) is 6.54 Å². The molecule has 0 aromatic rings. The summed E-state index contributed by atoms with van der Waals surface area (Å²) in [5.41, 5.74) is 5.78. The molecule has 2 atom stereocenters. The van der Waals surface area contributed by atoms with Gasteiger partial charge in [-0.25, -0.2) is 8.42 Å². The Hall–Kier alpha value is -0.130. The molecule has 0 radical (unpaired) electrons. The van der Waals surface area contributed by atoms with Gasteiger partial charge in [-0.15, -0.1) is 0 Å². The highest BCUT2D eigenvalue weighted by Gasteiger charge is 2.51. The zero-order valence-corrected chi connectivity index (χ0v) is 14.0. The quantitative estimate of drug-likeness (QED) is 0.857. The Morgan fingerprint density at radius 3 is 2.30 bits per heavy atom. The number of sulfone groups is 1. The molecule has 20 heavy (non-hydrogen) atoms. The van der Waals surface area contributed by atoms with Crippen molar-refractivity contribution >= 4 is 9.84 Å². The van der Waals surface area contributed by atoms with E-state index >= 15 is 0 Å². The van der Waals surface area contributed by atoms with E-state index in [0.717, 1.165) is 44.2 Å². The smallest absolute Gasteiger partial charge is 0.152 e. The van der Waals surface area contributed by atoms with Crippen LogP contribution in [0.4, 0.5) is 0 Å². The maximum Gasteiger partial charge on any atom is 0.152 e. The van der Waals surface area contributed by atoms with Gasteiger partial charge in [-0.1, -0.05) is 20.3 Å². The third-order valence-electron chi connectivity index (χ3n) is 5.66. The summed E-state index contributed by atoms with van der Waals surface area (Å²) in [5.74, 6) is 1.50. The highest BCUT2D eigenvalue weighted by atomic mass is 32.2. The first kappa shape index (κ1) is 16.2. The van der Waals surface area contributed by atoms with E-state index in [9.17, 15) is 8.42 Å². The number of nitrogens with zero attached hydrogens (tertiary/aromatic N) is 1. The Kier molecular flexibility index (Phi) is 4.82. The van der Waals surface area contributed by atoms with Gasteiger partial charge in [0.2, 0.25) is 0 Å². The van der Waals surface area contributed by atoms with Crippen molar-refractivity contribution in [2.24, 2.45) is 17.6 Å². The molecular formula is C15H30N2O2S. The fraction of sp³-hybridized carbons (Fsp3) is 1.00. The number of hydrogen-bond acceptors (Lipinski definition) is 4. The molecule has 1 saturated carbocycles. The molecular weight excluding hydrogens is 272 g/mol. The lowest BCUT2D eigenvalue weighted by Gasteiger charge is -2.47. The molecule has 1 aliphatic carbocycles. The minimum atomic E-state index is -3.02. The largest absolute Gasteiger partial charge is 0.329 e. The Labute approximate surface area is 124 Å². The molecule has 1 heterocycles. The topological polar surface area (TPSA) is 63.4 Å². The standard InChI is InChI=1S/C15H30N2O2S/c1-12(2)13-6-9-17(10-7-13)15(11-16)8-4-5-14(15)20(3,18)19/h12-14H,4-11,16H2,1-3H3. The highest BCUT2D eigenvalue weighted by Crippen LogP contribution is 2.41. The van der Waals surface area contributed by atoms with E-state index in [2.05, 4.69) is 18.7 Å². The average Bonchev–Trinajstić information content (AvgIpc) is 2.84. The van der Waals surface area contributed by atoms with Gasteiger partial charge in [-0.05, 0) is 50.6 Å². The maximum absolute atomic E-state index is 12.1. The van der Waals surface area contributed by atoms with Crippen LogP contribution in [0.5, 0.6) is 0 Å². The van der Waals surface area contributed by atoms with Crippen molar-refractivity contribution in [2.75, 3.05) is 25.9 Å². The SMILES string of the molecule is CC(C)C1CCN(C2(CN)CCCC2S(C)(=O)=O)CC1. The molecule has 118 valence electrons. The molecule has 1 aliphatic heterocycles. The van der Waals surface area contributed by atoms with Crippen LogP contribution in [-0.2, 0) is 9.84 Å². The lowest BCUT2D eigenvalue weighted by Crippen LogP contribution is -2.62. The first-order chi connectivity index (χ1) is 9.31. The van der Waals surface area contributed by atoms with Crippen LogP contribution in [0.3, 0.4) is 0 Å². The van der Waals surface area contributed by atoms with Crippen molar-refractivity contribution in [1.82, 2.24) is 4.90 Å². The van der Waals surface area contributed by atoms with Crippen LogP contribution in [0, 0.1) is 11.8 Å². The summed E-state index contributed by atoms with van der Waals surface area (Å²) in [6, 6.07) is 0. The third kappa shape index (κ3) is 2.90. The van der Waals surface area contributed by atoms with Crippen molar-refractivity contribution in [3.63, 3.8) is 0 Å². The molecule has 5 heteroatoms. The summed E-state index contributed by atoms with van der Waals surface area (Å²) in [5, 5.41) is -0.268. The Bertz CT molecular complexity index is 427. The molecule has 0 aromatic heterocycles. The molecule has 0 bridgehead atoms. The van der Waals surface area contributed by atoms with Crippen molar-refractivity contribution in [3.8, 4) is 0 Å². The number of piperidine rings is 1. The predicted octanol–water partition coefficient (Wildman–Crippen LogP) is 1.65. The van der Waals surface area contributed by atoms with E-state index < -0.39 is 9.84 Å². The molecule has 4 nitrogen and oxygen atoms in total. The van der Waals surface area contributed by atoms with Crippen LogP contribution >= 0.6 is 0 Å². The summed E-state index contributed by atoms with van der Waals surface area (Å²) in [4.78, 5) is 2.41. The minimum Gasteiger partial charge on any atom is -0.329 e. The number of likely N-dealkylation sites (tertiary alicyclic amines) is 1. The van der Waals surface area contributed by atoms with Crippen molar-refractivity contribution in [1.29, 1.82) is 0 Å². The van der Waals surface area contributed by atoms with Gasteiger partial charge in [0.15, 0.2) is 9.84 Å². The monoisotopic (exact) mass is 302 g/mol. The van der Waals surface area contributed by atoms with Gasteiger partial charge in [-0.3, -0.25) is 4.90 Å². The summed E-state index contributed by atoms with van der Waals surface area (Å²) >= 11 is 0. The predicted molar refractivity (Wildman–Crippen MR) is 83.4 cm³/mol. The Morgan fingerprint density at radius 1 is 1.25 bits per heavy atom. The van der Waals surface area contributed by atoms with Crippen molar-refractivity contribution < 1.29 is 8.42 Å². The minimum absolute atomic E-state index is 0.268. The van der Waals surface area contributed by atoms with Crippen LogP contribution in [-0.4, -0.2) is 50.0 Å². The summed E-state index contributed by atoms with van der Waals surface area (Å²) in [7, 11) is -3.02. The van der Waals surface area contributed by atoms with E-state index in [-0.39, 0.29) is 10.8 Å². The van der Waals surface area contributed by atoms with Gasteiger partial charge >= 0.3 is 0 Å². The van der Waals surface area contributed by atoms with Gasteiger partial charge in [0, 0.05) is 18.3 Å². The molecule has 2 unspecified atom stereocenters. The lowest BCUT2D eigenvalue weighted by atomic mass is 9.83. The first-order valence-electron chi connectivity index (χ1n) is 7.95. The van der Waals surface area contributed by atoms with E-state index in [1.54, 1.807) is 0 Å². The number of nitrogens with two attached hydrogens (primary N) is 1.